The minimum Gasteiger partial charge on any atom is -0.497 e. The van der Waals surface area contributed by atoms with Gasteiger partial charge in [0.2, 0.25) is 5.95 Å². The molecule has 0 atom stereocenters. The van der Waals surface area contributed by atoms with E-state index in [4.69, 9.17) is 9.72 Å². The van der Waals surface area contributed by atoms with Gasteiger partial charge in [0.15, 0.2) is 0 Å². The smallest absolute Gasteiger partial charge is 0.245 e. The Labute approximate surface area is 165 Å². The Hall–Kier alpha value is -3.15. The lowest BCUT2D eigenvalue weighted by Gasteiger charge is -2.17. The van der Waals surface area contributed by atoms with Crippen LogP contribution in [-0.2, 0) is 0 Å². The van der Waals surface area contributed by atoms with Gasteiger partial charge in [0.1, 0.15) is 17.1 Å². The molecule has 1 fully saturated rings. The molecule has 144 valence electrons. The molecule has 28 heavy (non-hydrogen) atoms. The monoisotopic (exact) mass is 375 g/mol. The molecule has 0 saturated carbocycles. The highest BCUT2D eigenvalue weighted by Crippen LogP contribution is 2.32. The summed E-state index contributed by atoms with van der Waals surface area (Å²) in [6.07, 6.45) is 2.35. The van der Waals surface area contributed by atoms with Crippen molar-refractivity contribution in [2.45, 2.75) is 12.8 Å². The predicted octanol–water partition coefficient (Wildman–Crippen LogP) is 3.88. The first-order valence-corrected chi connectivity index (χ1v) is 9.57. The van der Waals surface area contributed by atoms with Crippen LogP contribution in [0, 0.1) is 0 Å². The maximum absolute atomic E-state index is 5.28. The van der Waals surface area contributed by atoms with Crippen LogP contribution in [0.15, 0.2) is 48.5 Å². The van der Waals surface area contributed by atoms with E-state index in [-0.39, 0.29) is 0 Å². The molecule has 0 N–H and O–H groups in total. The highest BCUT2D eigenvalue weighted by atomic mass is 16.5. The highest BCUT2D eigenvalue weighted by molar-refractivity contribution is 5.79. The summed E-state index contributed by atoms with van der Waals surface area (Å²) >= 11 is 0. The first-order valence-electron chi connectivity index (χ1n) is 9.57. The van der Waals surface area contributed by atoms with Crippen molar-refractivity contribution < 1.29 is 4.74 Å². The molecule has 1 saturated heterocycles. The molecule has 0 amide bonds. The molecule has 4 rings (SSSR count). The van der Waals surface area contributed by atoms with E-state index in [0.29, 0.717) is 5.95 Å². The fourth-order valence-corrected chi connectivity index (χ4v) is 3.43. The second-order valence-electron chi connectivity index (χ2n) is 7.17. The summed E-state index contributed by atoms with van der Waals surface area (Å²) in [5.74, 6) is 1.52. The summed E-state index contributed by atoms with van der Waals surface area (Å²) in [5.41, 5.74) is 4.79. The molecule has 0 radical (unpaired) electrons. The zero-order chi connectivity index (χ0) is 19.5. The highest BCUT2D eigenvalue weighted by Gasteiger charge is 2.19. The molecule has 1 aliphatic heterocycles. The quantitative estimate of drug-likeness (QED) is 0.675. The van der Waals surface area contributed by atoms with Gasteiger partial charge in [-0.05, 0) is 49.2 Å². The van der Waals surface area contributed by atoms with E-state index in [1.54, 1.807) is 7.11 Å². The number of aromatic nitrogens is 3. The summed E-state index contributed by atoms with van der Waals surface area (Å²) in [7, 11) is 5.74. The van der Waals surface area contributed by atoms with Crippen LogP contribution in [0.5, 0.6) is 5.75 Å². The van der Waals surface area contributed by atoms with E-state index in [0.717, 1.165) is 47.0 Å². The van der Waals surface area contributed by atoms with E-state index in [1.165, 1.54) is 12.8 Å². The SMILES string of the molecule is COc1ccc(-c2nnc(N3CCCC3)nc2-c2ccc(N(C)C)cc2)cc1. The Morgan fingerprint density at radius 3 is 2.04 bits per heavy atom. The van der Waals surface area contributed by atoms with Crippen molar-refractivity contribution in [2.75, 3.05) is 44.1 Å². The van der Waals surface area contributed by atoms with E-state index >= 15 is 0 Å². The predicted molar refractivity (Wildman–Crippen MR) is 113 cm³/mol. The Morgan fingerprint density at radius 1 is 0.821 bits per heavy atom. The molecule has 0 aliphatic carbocycles. The number of rotatable bonds is 5. The number of ether oxygens (including phenoxy) is 1. The zero-order valence-electron chi connectivity index (χ0n) is 16.6. The van der Waals surface area contributed by atoms with Gasteiger partial charge in [0.05, 0.1) is 7.11 Å². The van der Waals surface area contributed by atoms with Crippen molar-refractivity contribution in [1.82, 2.24) is 15.2 Å². The maximum atomic E-state index is 5.28. The molecule has 2 aromatic carbocycles. The number of hydrogen-bond donors (Lipinski definition) is 0. The fraction of sp³-hybridized carbons (Fsp3) is 0.318. The molecule has 2 heterocycles. The summed E-state index contributed by atoms with van der Waals surface area (Å²) < 4.78 is 5.28. The third-order valence-electron chi connectivity index (χ3n) is 5.09. The molecule has 6 heteroatoms. The standard InChI is InChI=1S/C22H25N5O/c1-26(2)18-10-6-16(7-11-18)20-21(17-8-12-19(28-3)13-9-17)24-25-22(23-20)27-14-4-5-15-27/h6-13H,4-5,14-15H2,1-3H3. The van der Waals surface area contributed by atoms with Crippen molar-refractivity contribution in [3.05, 3.63) is 48.5 Å². The van der Waals surface area contributed by atoms with Crippen molar-refractivity contribution in [3.63, 3.8) is 0 Å². The minimum atomic E-state index is 0.710. The van der Waals surface area contributed by atoms with E-state index in [2.05, 4.69) is 44.3 Å². The van der Waals surface area contributed by atoms with Gasteiger partial charge < -0.3 is 14.5 Å². The lowest BCUT2D eigenvalue weighted by atomic mass is 10.0. The number of methoxy groups -OCH3 is 1. The van der Waals surface area contributed by atoms with E-state index < -0.39 is 0 Å². The van der Waals surface area contributed by atoms with E-state index in [9.17, 15) is 0 Å². The molecule has 1 aromatic heterocycles. The molecule has 3 aromatic rings. The lowest BCUT2D eigenvalue weighted by Crippen LogP contribution is -2.21. The van der Waals surface area contributed by atoms with Gasteiger partial charge in [0.25, 0.3) is 0 Å². The summed E-state index contributed by atoms with van der Waals surface area (Å²) in [5, 5.41) is 9.01. The summed E-state index contributed by atoms with van der Waals surface area (Å²) in [4.78, 5) is 9.22. The van der Waals surface area contributed by atoms with Crippen molar-refractivity contribution in [1.29, 1.82) is 0 Å². The zero-order valence-corrected chi connectivity index (χ0v) is 16.6. The molecule has 1 aliphatic rings. The van der Waals surface area contributed by atoms with Gasteiger partial charge in [-0.15, -0.1) is 10.2 Å². The Balaban J connectivity index is 1.79. The van der Waals surface area contributed by atoms with Crippen LogP contribution in [0.4, 0.5) is 11.6 Å². The van der Waals surface area contributed by atoms with Crippen LogP contribution >= 0.6 is 0 Å². The number of benzene rings is 2. The van der Waals surface area contributed by atoms with Gasteiger partial charge in [-0.25, -0.2) is 4.98 Å². The van der Waals surface area contributed by atoms with Crippen LogP contribution in [0.1, 0.15) is 12.8 Å². The van der Waals surface area contributed by atoms with Crippen molar-refractivity contribution in [3.8, 4) is 28.3 Å². The second-order valence-corrected chi connectivity index (χ2v) is 7.17. The van der Waals surface area contributed by atoms with E-state index in [1.807, 2.05) is 38.4 Å². The van der Waals surface area contributed by atoms with Gasteiger partial charge >= 0.3 is 0 Å². The minimum absolute atomic E-state index is 0.710. The van der Waals surface area contributed by atoms with Crippen LogP contribution in [0.25, 0.3) is 22.5 Å². The molecule has 0 spiro atoms. The average Bonchev–Trinajstić information content (AvgIpc) is 3.28. The molecule has 6 nitrogen and oxygen atoms in total. The van der Waals surface area contributed by atoms with Gasteiger partial charge in [0, 0.05) is 44.0 Å². The number of nitrogens with zero attached hydrogens (tertiary/aromatic N) is 5. The van der Waals surface area contributed by atoms with Crippen molar-refractivity contribution >= 4 is 11.6 Å². The fourth-order valence-electron chi connectivity index (χ4n) is 3.43. The molecular weight excluding hydrogens is 350 g/mol. The number of hydrogen-bond acceptors (Lipinski definition) is 6. The van der Waals surface area contributed by atoms with Crippen LogP contribution in [-0.4, -0.2) is 49.5 Å². The summed E-state index contributed by atoms with van der Waals surface area (Å²) in [6.45, 7) is 1.98. The largest absolute Gasteiger partial charge is 0.497 e. The third-order valence-corrected chi connectivity index (χ3v) is 5.09. The summed E-state index contributed by atoms with van der Waals surface area (Å²) in [6, 6.07) is 16.3. The lowest BCUT2D eigenvalue weighted by molar-refractivity contribution is 0.415. The van der Waals surface area contributed by atoms with Gasteiger partial charge in [-0.1, -0.05) is 12.1 Å². The average molecular weight is 375 g/mol. The Bertz CT molecular complexity index is 932. The normalized spacial score (nSPS) is 13.6. The maximum Gasteiger partial charge on any atom is 0.245 e. The topological polar surface area (TPSA) is 54.4 Å². The van der Waals surface area contributed by atoms with Gasteiger partial charge in [-0.3, -0.25) is 0 Å². The first-order chi connectivity index (χ1) is 13.7. The molecule has 0 bridgehead atoms. The third kappa shape index (κ3) is 3.63. The second kappa shape index (κ2) is 7.84. The van der Waals surface area contributed by atoms with Crippen LogP contribution in [0.3, 0.4) is 0 Å². The van der Waals surface area contributed by atoms with Crippen molar-refractivity contribution in [2.24, 2.45) is 0 Å². The Kier molecular flexibility index (Phi) is 5.10. The molecule has 0 unspecified atom stereocenters. The molecular formula is C22H25N5O. The number of anilines is 2. The van der Waals surface area contributed by atoms with Crippen LogP contribution < -0.4 is 14.5 Å². The first kappa shape index (κ1) is 18.2. The van der Waals surface area contributed by atoms with Gasteiger partial charge in [-0.2, -0.15) is 0 Å². The van der Waals surface area contributed by atoms with Crippen LogP contribution in [0.2, 0.25) is 0 Å². The Morgan fingerprint density at radius 2 is 1.43 bits per heavy atom.